The van der Waals surface area contributed by atoms with Crippen molar-refractivity contribution in [3.05, 3.63) is 18.2 Å². The van der Waals surface area contributed by atoms with Crippen LogP contribution in [0.2, 0.25) is 0 Å². The number of nitrogens with zero attached hydrogens (tertiary/aromatic N) is 2. The van der Waals surface area contributed by atoms with Gasteiger partial charge in [-0.2, -0.15) is 0 Å². The van der Waals surface area contributed by atoms with Crippen LogP contribution in [0.4, 0.5) is 0 Å². The number of aryl methyl sites for hydroxylation is 1. The molecular weight excluding hydrogens is 155 g/mol. The monoisotopic (exact) mass is 164 g/mol. The van der Waals surface area contributed by atoms with Gasteiger partial charge in [0, 0.05) is 6.10 Å². The summed E-state index contributed by atoms with van der Waals surface area (Å²) in [5, 5.41) is 8.99. The summed E-state index contributed by atoms with van der Waals surface area (Å²) in [5.74, 6) is 0.648. The fourth-order valence-electron chi connectivity index (χ4n) is 0.715. The molecule has 1 aromatic rings. The van der Waals surface area contributed by atoms with Gasteiger partial charge < -0.3 is 14.7 Å². The Balaban J connectivity index is 0.000000810. The SMILES string of the molecule is CC(O)c1n[c-]cn1C.[K+]. The van der Waals surface area contributed by atoms with Crippen LogP contribution < -0.4 is 51.4 Å². The molecule has 0 fully saturated rings. The van der Waals surface area contributed by atoms with E-state index in [1.54, 1.807) is 17.7 Å². The third-order valence-corrected chi connectivity index (χ3v) is 1.17. The summed E-state index contributed by atoms with van der Waals surface area (Å²) in [6.45, 7) is 1.68. The van der Waals surface area contributed by atoms with E-state index in [0.717, 1.165) is 0 Å². The first-order valence-corrected chi connectivity index (χ1v) is 2.79. The minimum Gasteiger partial charge on any atom is -0.437 e. The van der Waals surface area contributed by atoms with Crippen LogP contribution in [0, 0.1) is 6.20 Å². The van der Waals surface area contributed by atoms with E-state index >= 15 is 0 Å². The molecule has 10 heavy (non-hydrogen) atoms. The predicted molar refractivity (Wildman–Crippen MR) is 32.7 cm³/mol. The fraction of sp³-hybridized carbons (Fsp3) is 0.500. The van der Waals surface area contributed by atoms with Gasteiger partial charge >= 0.3 is 51.4 Å². The van der Waals surface area contributed by atoms with Crippen LogP contribution in [-0.2, 0) is 7.05 Å². The first-order chi connectivity index (χ1) is 4.22. The minimum absolute atomic E-state index is 0. The predicted octanol–water partition coefficient (Wildman–Crippen LogP) is -2.72. The second-order valence-electron chi connectivity index (χ2n) is 2.02. The van der Waals surface area contributed by atoms with Crippen molar-refractivity contribution in [2.45, 2.75) is 13.0 Å². The van der Waals surface area contributed by atoms with Crippen molar-refractivity contribution in [3.63, 3.8) is 0 Å². The zero-order valence-electron chi connectivity index (χ0n) is 6.50. The third kappa shape index (κ3) is 2.45. The Morgan fingerprint density at radius 2 is 2.40 bits per heavy atom. The van der Waals surface area contributed by atoms with Gasteiger partial charge in [-0.15, -0.1) is 6.20 Å². The number of hydrogen-bond donors (Lipinski definition) is 1. The van der Waals surface area contributed by atoms with Crippen molar-refractivity contribution >= 4 is 0 Å². The van der Waals surface area contributed by atoms with E-state index in [1.807, 2.05) is 7.05 Å². The van der Waals surface area contributed by atoms with Crippen molar-refractivity contribution in [1.82, 2.24) is 9.55 Å². The number of imidazole rings is 1. The van der Waals surface area contributed by atoms with Gasteiger partial charge in [0.25, 0.3) is 0 Å². The van der Waals surface area contributed by atoms with E-state index in [1.165, 1.54) is 0 Å². The zero-order chi connectivity index (χ0) is 6.85. The molecule has 3 nitrogen and oxygen atoms in total. The number of hydrogen-bond acceptors (Lipinski definition) is 2. The second kappa shape index (κ2) is 4.64. The molecule has 0 bridgehead atoms. The Kier molecular flexibility index (Phi) is 5.01. The Hall–Kier alpha value is 0.806. The van der Waals surface area contributed by atoms with Crippen LogP contribution in [0.25, 0.3) is 0 Å². The molecule has 1 atom stereocenters. The van der Waals surface area contributed by atoms with Gasteiger partial charge in [-0.25, -0.2) is 0 Å². The summed E-state index contributed by atoms with van der Waals surface area (Å²) in [6.07, 6.45) is 3.82. The average Bonchev–Trinajstić information content (AvgIpc) is 2.13. The Morgan fingerprint density at radius 3 is 2.60 bits per heavy atom. The van der Waals surface area contributed by atoms with Crippen LogP contribution in [0.3, 0.4) is 0 Å². The third-order valence-electron chi connectivity index (χ3n) is 1.17. The van der Waals surface area contributed by atoms with E-state index in [0.29, 0.717) is 5.82 Å². The van der Waals surface area contributed by atoms with Crippen LogP contribution in [0.1, 0.15) is 18.9 Å². The molecule has 0 aromatic carbocycles. The maximum atomic E-state index is 8.99. The molecule has 0 amide bonds. The number of aromatic nitrogens is 2. The molecule has 1 aromatic heterocycles. The summed E-state index contributed by atoms with van der Waals surface area (Å²) in [4.78, 5) is 3.80. The maximum absolute atomic E-state index is 8.99. The van der Waals surface area contributed by atoms with E-state index in [-0.39, 0.29) is 51.4 Å². The van der Waals surface area contributed by atoms with E-state index in [9.17, 15) is 0 Å². The summed E-state index contributed by atoms with van der Waals surface area (Å²) >= 11 is 0. The van der Waals surface area contributed by atoms with Crippen molar-refractivity contribution in [2.75, 3.05) is 0 Å². The van der Waals surface area contributed by atoms with Crippen LogP contribution in [0.15, 0.2) is 6.20 Å². The molecule has 1 N–H and O–H groups in total. The van der Waals surface area contributed by atoms with Gasteiger partial charge in [-0.1, -0.05) is 6.20 Å². The van der Waals surface area contributed by atoms with Crippen molar-refractivity contribution in [3.8, 4) is 0 Å². The topological polar surface area (TPSA) is 38.1 Å². The summed E-state index contributed by atoms with van der Waals surface area (Å²) < 4.78 is 1.74. The average molecular weight is 164 g/mol. The summed E-state index contributed by atoms with van der Waals surface area (Å²) in [7, 11) is 1.82. The molecule has 0 aliphatic heterocycles. The summed E-state index contributed by atoms with van der Waals surface area (Å²) in [5.41, 5.74) is 0. The molecule has 0 saturated heterocycles. The molecule has 1 heterocycles. The number of aliphatic hydroxyl groups excluding tert-OH is 1. The summed E-state index contributed by atoms with van der Waals surface area (Å²) in [6, 6.07) is 0. The molecule has 1 unspecified atom stereocenters. The molecule has 0 aliphatic rings. The maximum Gasteiger partial charge on any atom is 1.00 e. The van der Waals surface area contributed by atoms with Crippen molar-refractivity contribution in [2.24, 2.45) is 7.05 Å². The Morgan fingerprint density at radius 1 is 1.80 bits per heavy atom. The zero-order valence-corrected chi connectivity index (χ0v) is 9.62. The molecule has 0 radical (unpaired) electrons. The number of aliphatic hydroxyl groups is 1. The second-order valence-corrected chi connectivity index (χ2v) is 2.02. The largest absolute Gasteiger partial charge is 1.00 e. The van der Waals surface area contributed by atoms with Gasteiger partial charge in [0.2, 0.25) is 0 Å². The Labute approximate surface area is 103 Å². The van der Waals surface area contributed by atoms with Crippen molar-refractivity contribution in [1.29, 1.82) is 0 Å². The number of rotatable bonds is 1. The van der Waals surface area contributed by atoms with Gasteiger partial charge in [-0.05, 0) is 19.8 Å². The molecule has 0 aliphatic carbocycles. The van der Waals surface area contributed by atoms with E-state index in [2.05, 4.69) is 11.2 Å². The standard InChI is InChI=1S/C6H9N2O.K/c1-5(9)6-7-3-4-8(6)2;/h4-5,9H,1-2H3;/q-1;+1. The fourth-order valence-corrected chi connectivity index (χ4v) is 0.715. The molecular formula is C6H9KN2O. The molecule has 4 heteroatoms. The molecule has 50 valence electrons. The van der Waals surface area contributed by atoms with Crippen LogP contribution >= 0.6 is 0 Å². The minimum atomic E-state index is -0.499. The van der Waals surface area contributed by atoms with Crippen molar-refractivity contribution < 1.29 is 56.5 Å². The Bertz CT molecular complexity index is 197. The van der Waals surface area contributed by atoms with Crippen LogP contribution in [-0.4, -0.2) is 14.7 Å². The molecule has 0 spiro atoms. The smallest absolute Gasteiger partial charge is 0.437 e. The van der Waals surface area contributed by atoms with E-state index < -0.39 is 6.10 Å². The van der Waals surface area contributed by atoms with Crippen LogP contribution in [0.5, 0.6) is 0 Å². The van der Waals surface area contributed by atoms with E-state index in [4.69, 9.17) is 5.11 Å². The van der Waals surface area contributed by atoms with Gasteiger partial charge in [0.1, 0.15) is 0 Å². The first-order valence-electron chi connectivity index (χ1n) is 2.79. The van der Waals surface area contributed by atoms with Gasteiger partial charge in [0.05, 0.1) is 0 Å². The first kappa shape index (κ1) is 10.8. The molecule has 0 saturated carbocycles. The normalized spacial score (nSPS) is 12.3. The molecule has 1 rings (SSSR count). The quantitative estimate of drug-likeness (QED) is 0.362. The van der Waals surface area contributed by atoms with Gasteiger partial charge in [0.15, 0.2) is 0 Å². The van der Waals surface area contributed by atoms with Gasteiger partial charge in [-0.3, -0.25) is 0 Å².